The van der Waals surface area contributed by atoms with Gasteiger partial charge in [-0.3, -0.25) is 4.79 Å². The van der Waals surface area contributed by atoms with Gasteiger partial charge in [0.2, 0.25) is 5.91 Å². The van der Waals surface area contributed by atoms with Gasteiger partial charge in [0.1, 0.15) is 11.5 Å². The van der Waals surface area contributed by atoms with E-state index in [0.717, 1.165) is 42.1 Å². The maximum atomic E-state index is 13.3. The number of nitrogens with zero attached hydrogens (tertiary/aromatic N) is 2. The quantitative estimate of drug-likeness (QED) is 0.681. The average molecular weight is 413 g/mol. The Morgan fingerprint density at radius 2 is 1.97 bits per heavy atom. The second kappa shape index (κ2) is 10.3. The largest absolute Gasteiger partial charge is 0.497 e. The smallest absolute Gasteiger partial charge is 0.242 e. The number of hydrogen-bond acceptors (Lipinski definition) is 5. The van der Waals surface area contributed by atoms with E-state index in [9.17, 15) is 9.90 Å². The van der Waals surface area contributed by atoms with Gasteiger partial charge < -0.3 is 24.4 Å². The maximum Gasteiger partial charge on any atom is 0.242 e. The predicted molar refractivity (Wildman–Crippen MR) is 118 cm³/mol. The lowest BCUT2D eigenvalue weighted by Gasteiger charge is -2.31. The second-order valence-electron chi connectivity index (χ2n) is 7.63. The second-order valence-corrected chi connectivity index (χ2v) is 7.63. The summed E-state index contributed by atoms with van der Waals surface area (Å²) in [6.45, 7) is 3.33. The zero-order valence-electron chi connectivity index (χ0n) is 18.1. The Morgan fingerprint density at radius 1 is 1.20 bits per heavy atom. The first-order valence-corrected chi connectivity index (χ1v) is 10.6. The fourth-order valence-electron chi connectivity index (χ4n) is 4.02. The number of carbonyl (C=O) groups is 1. The molecule has 0 radical (unpaired) electrons. The third-order valence-corrected chi connectivity index (χ3v) is 5.72. The Bertz CT molecular complexity index is 827. The number of methoxy groups -OCH3 is 2. The normalized spacial score (nSPS) is 16.9. The van der Waals surface area contributed by atoms with Gasteiger partial charge in [0.15, 0.2) is 0 Å². The van der Waals surface area contributed by atoms with Crippen LogP contribution in [0.15, 0.2) is 48.5 Å². The van der Waals surface area contributed by atoms with E-state index < -0.39 is 6.10 Å². The first kappa shape index (κ1) is 22.0. The van der Waals surface area contributed by atoms with Crippen molar-refractivity contribution in [2.24, 2.45) is 0 Å². The molecule has 1 aliphatic heterocycles. The van der Waals surface area contributed by atoms with E-state index in [1.165, 1.54) is 0 Å². The highest BCUT2D eigenvalue weighted by Gasteiger charge is 2.33. The van der Waals surface area contributed by atoms with Gasteiger partial charge in [0.05, 0.1) is 32.9 Å². The first-order valence-electron chi connectivity index (χ1n) is 10.6. The summed E-state index contributed by atoms with van der Waals surface area (Å²) in [6.07, 6.45) is 2.02. The molecule has 1 amide bonds. The summed E-state index contributed by atoms with van der Waals surface area (Å²) in [4.78, 5) is 17.3. The van der Waals surface area contributed by atoms with Crippen LogP contribution in [0.1, 0.15) is 37.8 Å². The summed E-state index contributed by atoms with van der Waals surface area (Å²) in [5, 5.41) is 10.2. The molecule has 0 spiro atoms. The molecule has 2 unspecified atom stereocenters. The Morgan fingerprint density at radius 3 is 2.63 bits per heavy atom. The average Bonchev–Trinajstić information content (AvgIpc) is 3.28. The minimum Gasteiger partial charge on any atom is -0.497 e. The zero-order chi connectivity index (χ0) is 21.5. The molecule has 30 heavy (non-hydrogen) atoms. The van der Waals surface area contributed by atoms with Crippen LogP contribution < -0.4 is 14.4 Å². The Labute approximate surface area is 179 Å². The van der Waals surface area contributed by atoms with Gasteiger partial charge in [-0.05, 0) is 43.5 Å². The number of aliphatic hydroxyl groups is 1. The summed E-state index contributed by atoms with van der Waals surface area (Å²) in [6, 6.07) is 15.5. The molecule has 3 rings (SSSR count). The number of carbonyl (C=O) groups excluding carboxylic acids is 1. The summed E-state index contributed by atoms with van der Waals surface area (Å²) >= 11 is 0. The molecule has 0 bridgehead atoms. The fraction of sp³-hybridized carbons (Fsp3) is 0.458. The Hall–Kier alpha value is -2.73. The molecule has 162 valence electrons. The summed E-state index contributed by atoms with van der Waals surface area (Å²) in [5.74, 6) is 1.53. The Kier molecular flexibility index (Phi) is 7.57. The summed E-state index contributed by atoms with van der Waals surface area (Å²) in [7, 11) is 3.27. The predicted octanol–water partition coefficient (Wildman–Crippen LogP) is 3.64. The minimum atomic E-state index is -0.478. The number of aliphatic hydroxyl groups excluding tert-OH is 1. The minimum absolute atomic E-state index is 0.0212. The lowest BCUT2D eigenvalue weighted by atomic mass is 10.0. The van der Waals surface area contributed by atoms with Crippen molar-refractivity contribution in [3.05, 3.63) is 54.1 Å². The number of rotatable bonds is 9. The van der Waals surface area contributed by atoms with E-state index in [-0.39, 0.29) is 18.5 Å². The van der Waals surface area contributed by atoms with Crippen LogP contribution in [0.5, 0.6) is 11.5 Å². The van der Waals surface area contributed by atoms with Crippen LogP contribution in [-0.2, 0) is 4.79 Å². The van der Waals surface area contributed by atoms with Crippen LogP contribution in [0.3, 0.4) is 0 Å². The van der Waals surface area contributed by atoms with Crippen molar-refractivity contribution >= 4 is 11.6 Å². The number of amides is 1. The molecule has 1 heterocycles. The van der Waals surface area contributed by atoms with Gasteiger partial charge in [-0.15, -0.1) is 0 Å². The van der Waals surface area contributed by atoms with Crippen LogP contribution >= 0.6 is 0 Å². The van der Waals surface area contributed by atoms with Gasteiger partial charge >= 0.3 is 0 Å². The van der Waals surface area contributed by atoms with E-state index in [2.05, 4.69) is 0 Å². The van der Waals surface area contributed by atoms with Crippen LogP contribution in [0.4, 0.5) is 5.69 Å². The SMILES string of the molecule is CCC(O)CN(CC(=O)N1CCCC1c1ccc(OC)cc1OC)c1ccccc1. The molecule has 6 heteroatoms. The van der Waals surface area contributed by atoms with Gasteiger partial charge in [-0.1, -0.05) is 25.1 Å². The standard InChI is InChI=1S/C24H32N2O4/c1-4-19(27)16-25(18-9-6-5-7-10-18)17-24(28)26-14-8-11-22(26)21-13-12-20(29-2)15-23(21)30-3/h5-7,9-10,12-13,15,19,22,27H,4,8,11,14,16-17H2,1-3H3. The van der Waals surface area contributed by atoms with Crippen LogP contribution in [0.2, 0.25) is 0 Å². The molecule has 6 nitrogen and oxygen atoms in total. The Balaban J connectivity index is 1.80. The topological polar surface area (TPSA) is 62.2 Å². The monoisotopic (exact) mass is 412 g/mol. The number of anilines is 1. The molecular formula is C24H32N2O4. The molecule has 2 atom stereocenters. The van der Waals surface area contributed by atoms with E-state index in [1.54, 1.807) is 14.2 Å². The van der Waals surface area contributed by atoms with E-state index in [1.807, 2.05) is 65.3 Å². The third-order valence-electron chi connectivity index (χ3n) is 5.72. The van der Waals surface area contributed by atoms with Crippen molar-refractivity contribution in [1.82, 2.24) is 4.90 Å². The highest BCUT2D eigenvalue weighted by molar-refractivity contribution is 5.82. The zero-order valence-corrected chi connectivity index (χ0v) is 18.1. The molecule has 1 saturated heterocycles. The van der Waals surface area contributed by atoms with Gasteiger partial charge in [0, 0.05) is 30.4 Å². The lowest BCUT2D eigenvalue weighted by Crippen LogP contribution is -2.43. The van der Waals surface area contributed by atoms with E-state index >= 15 is 0 Å². The van der Waals surface area contributed by atoms with Crippen molar-refractivity contribution in [3.8, 4) is 11.5 Å². The number of ether oxygens (including phenoxy) is 2. The summed E-state index contributed by atoms with van der Waals surface area (Å²) < 4.78 is 10.9. The highest BCUT2D eigenvalue weighted by atomic mass is 16.5. The maximum absolute atomic E-state index is 13.3. The molecule has 1 fully saturated rings. The van der Waals surface area contributed by atoms with Crippen molar-refractivity contribution in [3.63, 3.8) is 0 Å². The lowest BCUT2D eigenvalue weighted by molar-refractivity contribution is -0.130. The molecule has 1 aliphatic rings. The van der Waals surface area contributed by atoms with Crippen LogP contribution in [0, 0.1) is 0 Å². The molecule has 0 saturated carbocycles. The van der Waals surface area contributed by atoms with Crippen molar-refractivity contribution < 1.29 is 19.4 Å². The third kappa shape index (κ3) is 5.05. The molecule has 2 aromatic rings. The number of para-hydroxylation sites is 1. The number of likely N-dealkylation sites (tertiary alicyclic amines) is 1. The molecular weight excluding hydrogens is 380 g/mol. The van der Waals surface area contributed by atoms with Gasteiger partial charge in [0.25, 0.3) is 0 Å². The molecule has 1 N–H and O–H groups in total. The van der Waals surface area contributed by atoms with Crippen LogP contribution in [0.25, 0.3) is 0 Å². The highest BCUT2D eigenvalue weighted by Crippen LogP contribution is 2.38. The molecule has 2 aromatic carbocycles. The number of hydrogen-bond donors (Lipinski definition) is 1. The summed E-state index contributed by atoms with van der Waals surface area (Å²) in [5.41, 5.74) is 1.94. The van der Waals surface area contributed by atoms with E-state index in [0.29, 0.717) is 13.0 Å². The van der Waals surface area contributed by atoms with Crippen molar-refractivity contribution in [2.45, 2.75) is 38.3 Å². The molecule has 0 aromatic heterocycles. The van der Waals surface area contributed by atoms with E-state index in [4.69, 9.17) is 9.47 Å². The molecule has 0 aliphatic carbocycles. The van der Waals surface area contributed by atoms with Gasteiger partial charge in [-0.2, -0.15) is 0 Å². The fourth-order valence-corrected chi connectivity index (χ4v) is 4.02. The first-order chi connectivity index (χ1) is 14.6. The van der Waals surface area contributed by atoms with Crippen molar-refractivity contribution in [2.75, 3.05) is 38.8 Å². The van der Waals surface area contributed by atoms with Crippen molar-refractivity contribution in [1.29, 1.82) is 0 Å². The van der Waals surface area contributed by atoms with Gasteiger partial charge in [-0.25, -0.2) is 0 Å². The van der Waals surface area contributed by atoms with Crippen LogP contribution in [-0.4, -0.2) is 55.9 Å². The number of benzene rings is 2.